The SMILES string of the molecule is O=C(NCC(O)C(=O)O)C1=Cc2cc(Cl)ccc2OC1. The topological polar surface area (TPSA) is 95.9 Å². The van der Waals surface area contributed by atoms with Crippen molar-refractivity contribution in [3.63, 3.8) is 0 Å². The number of carbonyl (C=O) groups excluding carboxylic acids is 1. The number of hydrogen-bond acceptors (Lipinski definition) is 4. The van der Waals surface area contributed by atoms with Gasteiger partial charge in [-0.2, -0.15) is 0 Å². The maximum absolute atomic E-state index is 11.8. The molecule has 3 N–H and O–H groups in total. The van der Waals surface area contributed by atoms with Gasteiger partial charge >= 0.3 is 5.97 Å². The van der Waals surface area contributed by atoms with E-state index in [0.717, 1.165) is 0 Å². The summed E-state index contributed by atoms with van der Waals surface area (Å²) >= 11 is 5.86. The normalized spacial score (nSPS) is 14.6. The van der Waals surface area contributed by atoms with Crippen LogP contribution in [0.4, 0.5) is 0 Å². The molecule has 7 heteroatoms. The lowest BCUT2D eigenvalue weighted by molar-refractivity contribution is -0.146. The van der Waals surface area contributed by atoms with Crippen LogP contribution in [0.15, 0.2) is 23.8 Å². The first-order valence-electron chi connectivity index (χ1n) is 5.79. The van der Waals surface area contributed by atoms with Crippen LogP contribution in [0.25, 0.3) is 6.08 Å². The molecule has 1 aromatic carbocycles. The van der Waals surface area contributed by atoms with Crippen molar-refractivity contribution in [1.29, 1.82) is 0 Å². The number of carbonyl (C=O) groups is 2. The van der Waals surface area contributed by atoms with E-state index in [-0.39, 0.29) is 13.2 Å². The van der Waals surface area contributed by atoms with Gasteiger partial charge in [-0.1, -0.05) is 11.6 Å². The van der Waals surface area contributed by atoms with Crippen molar-refractivity contribution in [3.05, 3.63) is 34.4 Å². The highest BCUT2D eigenvalue weighted by Gasteiger charge is 2.19. The van der Waals surface area contributed by atoms with Gasteiger partial charge in [0.2, 0.25) is 0 Å². The molecule has 1 aromatic rings. The molecule has 0 aromatic heterocycles. The fraction of sp³-hybridized carbons (Fsp3) is 0.231. The number of aliphatic hydroxyl groups excluding tert-OH is 1. The maximum Gasteiger partial charge on any atom is 0.334 e. The Hall–Kier alpha value is -2.05. The zero-order valence-electron chi connectivity index (χ0n) is 10.3. The van der Waals surface area contributed by atoms with E-state index in [1.54, 1.807) is 24.3 Å². The number of hydrogen-bond donors (Lipinski definition) is 3. The first-order chi connectivity index (χ1) is 9.47. The van der Waals surface area contributed by atoms with Crippen molar-refractivity contribution in [3.8, 4) is 5.75 Å². The van der Waals surface area contributed by atoms with Crippen LogP contribution < -0.4 is 10.1 Å². The summed E-state index contributed by atoms with van der Waals surface area (Å²) in [4.78, 5) is 22.3. The number of benzene rings is 1. The van der Waals surface area contributed by atoms with Crippen molar-refractivity contribution in [2.45, 2.75) is 6.10 Å². The quantitative estimate of drug-likeness (QED) is 0.759. The summed E-state index contributed by atoms with van der Waals surface area (Å²) in [5.41, 5.74) is 1.00. The Balaban J connectivity index is 2.06. The number of carboxylic acids is 1. The number of ether oxygens (including phenoxy) is 1. The fourth-order valence-electron chi connectivity index (χ4n) is 1.67. The molecule has 1 amide bonds. The second-order valence-electron chi connectivity index (χ2n) is 4.20. The Bertz CT molecular complexity index is 584. The van der Waals surface area contributed by atoms with Crippen LogP contribution in [-0.2, 0) is 9.59 Å². The predicted octanol–water partition coefficient (Wildman–Crippen LogP) is 0.677. The monoisotopic (exact) mass is 297 g/mol. The lowest BCUT2D eigenvalue weighted by Gasteiger charge is -2.18. The van der Waals surface area contributed by atoms with Gasteiger partial charge in [-0.15, -0.1) is 0 Å². The van der Waals surface area contributed by atoms with Crippen LogP contribution in [0.2, 0.25) is 5.02 Å². The van der Waals surface area contributed by atoms with Gasteiger partial charge in [0.1, 0.15) is 12.4 Å². The van der Waals surface area contributed by atoms with Crippen molar-refractivity contribution in [1.82, 2.24) is 5.32 Å². The van der Waals surface area contributed by atoms with Crippen LogP contribution in [-0.4, -0.2) is 41.3 Å². The number of fused-ring (bicyclic) bond motifs is 1. The van der Waals surface area contributed by atoms with Crippen LogP contribution in [0.5, 0.6) is 5.75 Å². The third kappa shape index (κ3) is 3.28. The molecule has 1 aliphatic rings. The number of nitrogens with one attached hydrogen (secondary N) is 1. The van der Waals surface area contributed by atoms with E-state index < -0.39 is 18.0 Å². The first kappa shape index (κ1) is 14.4. The summed E-state index contributed by atoms with van der Waals surface area (Å²) in [6, 6.07) is 5.05. The summed E-state index contributed by atoms with van der Waals surface area (Å²) in [6.45, 7) is -0.294. The highest BCUT2D eigenvalue weighted by atomic mass is 35.5. The van der Waals surface area contributed by atoms with E-state index in [1.807, 2.05) is 0 Å². The van der Waals surface area contributed by atoms with E-state index in [4.69, 9.17) is 26.6 Å². The summed E-state index contributed by atoms with van der Waals surface area (Å²) in [5, 5.41) is 20.4. The van der Waals surface area contributed by atoms with E-state index in [2.05, 4.69) is 5.32 Å². The number of carboxylic acid groups (broad SMARTS) is 1. The molecule has 0 saturated carbocycles. The van der Waals surface area contributed by atoms with Gasteiger partial charge in [0.25, 0.3) is 5.91 Å². The zero-order valence-corrected chi connectivity index (χ0v) is 11.1. The minimum atomic E-state index is -1.63. The third-order valence-corrected chi connectivity index (χ3v) is 2.95. The molecule has 2 rings (SSSR count). The number of halogens is 1. The molecule has 1 unspecified atom stereocenters. The highest BCUT2D eigenvalue weighted by molar-refractivity contribution is 6.30. The standard InChI is InChI=1S/C13H12ClNO5/c14-9-1-2-11-7(4-9)3-8(6-20-11)12(17)15-5-10(16)13(18)19/h1-4,10,16H,5-6H2,(H,15,17)(H,18,19). The molecule has 6 nitrogen and oxygen atoms in total. The molecule has 1 aliphatic heterocycles. The van der Waals surface area contributed by atoms with Crippen molar-refractivity contribution in [2.75, 3.05) is 13.2 Å². The smallest absolute Gasteiger partial charge is 0.334 e. The largest absolute Gasteiger partial charge is 0.488 e. The Morgan fingerprint density at radius 2 is 2.20 bits per heavy atom. The van der Waals surface area contributed by atoms with Crippen molar-refractivity contribution >= 4 is 29.6 Å². The number of aliphatic hydroxyl groups is 1. The van der Waals surface area contributed by atoms with Crippen LogP contribution >= 0.6 is 11.6 Å². The van der Waals surface area contributed by atoms with Crippen molar-refractivity contribution in [2.24, 2.45) is 0 Å². The second-order valence-corrected chi connectivity index (χ2v) is 4.64. The number of aliphatic carboxylic acids is 1. The molecular weight excluding hydrogens is 286 g/mol. The number of rotatable bonds is 4. The average molecular weight is 298 g/mol. The molecule has 0 bridgehead atoms. The lowest BCUT2D eigenvalue weighted by atomic mass is 10.1. The molecule has 20 heavy (non-hydrogen) atoms. The van der Waals surface area contributed by atoms with Gasteiger partial charge in [-0.05, 0) is 24.3 Å². The first-order valence-corrected chi connectivity index (χ1v) is 6.17. The van der Waals surface area contributed by atoms with Gasteiger partial charge in [0, 0.05) is 10.6 Å². The summed E-state index contributed by atoms with van der Waals surface area (Å²) in [7, 11) is 0. The summed E-state index contributed by atoms with van der Waals surface area (Å²) < 4.78 is 5.40. The van der Waals surface area contributed by atoms with Crippen molar-refractivity contribution < 1.29 is 24.5 Å². The fourth-order valence-corrected chi connectivity index (χ4v) is 1.85. The van der Waals surface area contributed by atoms with Gasteiger partial charge < -0.3 is 20.3 Å². The second kappa shape index (κ2) is 5.94. The minimum absolute atomic E-state index is 0.0730. The summed E-state index contributed by atoms with van der Waals surface area (Å²) in [5.74, 6) is -1.26. The molecule has 0 spiro atoms. The molecule has 0 saturated heterocycles. The van der Waals surface area contributed by atoms with E-state index in [9.17, 15) is 9.59 Å². The van der Waals surface area contributed by atoms with Gasteiger partial charge in [-0.25, -0.2) is 4.79 Å². The average Bonchev–Trinajstić information content (AvgIpc) is 2.43. The molecule has 0 fully saturated rings. The van der Waals surface area contributed by atoms with Crippen LogP contribution in [0, 0.1) is 0 Å². The third-order valence-electron chi connectivity index (χ3n) is 2.72. The molecule has 0 aliphatic carbocycles. The van der Waals surface area contributed by atoms with Gasteiger partial charge in [0.05, 0.1) is 12.1 Å². The summed E-state index contributed by atoms with van der Waals surface area (Å²) in [6.07, 6.45) is -0.0153. The van der Waals surface area contributed by atoms with Crippen LogP contribution in [0.3, 0.4) is 0 Å². The van der Waals surface area contributed by atoms with E-state index in [0.29, 0.717) is 21.9 Å². The Morgan fingerprint density at radius 3 is 2.90 bits per heavy atom. The molecular formula is C13H12ClNO5. The number of amides is 1. The van der Waals surface area contributed by atoms with Gasteiger partial charge in [0.15, 0.2) is 6.10 Å². The maximum atomic E-state index is 11.8. The Kier molecular flexibility index (Phi) is 4.26. The van der Waals surface area contributed by atoms with Crippen LogP contribution in [0.1, 0.15) is 5.56 Å². The van der Waals surface area contributed by atoms with E-state index >= 15 is 0 Å². The molecule has 106 valence electrons. The zero-order chi connectivity index (χ0) is 14.7. The Morgan fingerprint density at radius 1 is 1.45 bits per heavy atom. The molecule has 0 radical (unpaired) electrons. The van der Waals surface area contributed by atoms with E-state index in [1.165, 1.54) is 0 Å². The predicted molar refractivity (Wildman–Crippen MR) is 71.6 cm³/mol. The highest BCUT2D eigenvalue weighted by Crippen LogP contribution is 2.28. The molecule has 1 heterocycles. The molecule has 1 atom stereocenters. The lowest BCUT2D eigenvalue weighted by Crippen LogP contribution is -2.38. The Labute approximate surface area is 119 Å². The minimum Gasteiger partial charge on any atom is -0.488 e. The van der Waals surface area contributed by atoms with Gasteiger partial charge in [-0.3, -0.25) is 4.79 Å².